The maximum atomic E-state index is 10.5. The van der Waals surface area contributed by atoms with Gasteiger partial charge in [-0.15, -0.1) is 0 Å². The minimum absolute atomic E-state index is 0.109. The third-order valence-corrected chi connectivity index (χ3v) is 1.84. The van der Waals surface area contributed by atoms with E-state index in [1.165, 1.54) is 12.2 Å². The minimum atomic E-state index is -4.12. The minimum Gasteiger partial charge on any atom is -0.321 e. The van der Waals surface area contributed by atoms with Gasteiger partial charge in [-0.25, -0.2) is 0 Å². The molecule has 10 heavy (non-hydrogen) atoms. The van der Waals surface area contributed by atoms with Gasteiger partial charge in [0.15, 0.2) is 0 Å². The molecule has 0 radical (unpaired) electrons. The molecule has 0 saturated carbocycles. The van der Waals surface area contributed by atoms with E-state index in [4.69, 9.17) is 9.79 Å². The van der Waals surface area contributed by atoms with E-state index in [0.29, 0.717) is 0 Å². The Kier molecular flexibility index (Phi) is 3.30. The molecular formula is C6H9O3P. The van der Waals surface area contributed by atoms with E-state index >= 15 is 0 Å². The van der Waals surface area contributed by atoms with Gasteiger partial charge in [0.05, 0.1) is 5.31 Å². The number of rotatable bonds is 3. The van der Waals surface area contributed by atoms with Gasteiger partial charge in [0, 0.05) is 0 Å². The van der Waals surface area contributed by atoms with Crippen molar-refractivity contribution in [2.24, 2.45) is 0 Å². The summed E-state index contributed by atoms with van der Waals surface area (Å²) in [6, 6.07) is 0. The number of hydrogen-bond acceptors (Lipinski definition) is 1. The zero-order valence-electron chi connectivity index (χ0n) is 5.40. The third kappa shape index (κ3) is 2.78. The van der Waals surface area contributed by atoms with Crippen LogP contribution >= 0.6 is 7.60 Å². The van der Waals surface area contributed by atoms with Crippen LogP contribution in [0.2, 0.25) is 0 Å². The molecule has 0 aromatic heterocycles. The SMILES string of the molecule is C=C/C=C(\C=C)P(=O)(O)O. The molecule has 0 aliphatic carbocycles. The second kappa shape index (κ2) is 3.52. The standard InChI is InChI=1S/C6H9O3P/c1-3-5-6(4-2)10(7,8)9/h3-5H,1-2H2,(H2,7,8,9)/b6-5+. The van der Waals surface area contributed by atoms with Gasteiger partial charge >= 0.3 is 7.60 Å². The third-order valence-electron chi connectivity index (χ3n) is 0.834. The molecule has 0 spiro atoms. The Bertz CT molecular complexity index is 211. The van der Waals surface area contributed by atoms with Crippen LogP contribution in [0.25, 0.3) is 0 Å². The second-order valence-corrected chi connectivity index (χ2v) is 3.18. The van der Waals surface area contributed by atoms with E-state index in [1.54, 1.807) is 0 Å². The molecule has 0 atom stereocenters. The van der Waals surface area contributed by atoms with Crippen molar-refractivity contribution >= 4 is 7.60 Å². The van der Waals surface area contributed by atoms with Crippen molar-refractivity contribution in [1.29, 1.82) is 0 Å². The first-order valence-electron chi connectivity index (χ1n) is 2.53. The van der Waals surface area contributed by atoms with Crippen LogP contribution < -0.4 is 0 Å². The molecule has 0 aliphatic rings. The average Bonchev–Trinajstić information content (AvgIpc) is 1.80. The van der Waals surface area contributed by atoms with Crippen LogP contribution in [0.5, 0.6) is 0 Å². The Labute approximate surface area is 59.5 Å². The lowest BCUT2D eigenvalue weighted by atomic mass is 10.5. The highest BCUT2D eigenvalue weighted by atomic mass is 31.2. The highest BCUT2D eigenvalue weighted by Crippen LogP contribution is 2.45. The molecule has 0 fully saturated rings. The Hall–Kier alpha value is -0.630. The van der Waals surface area contributed by atoms with Gasteiger partial charge < -0.3 is 9.79 Å². The number of hydrogen-bond donors (Lipinski definition) is 2. The van der Waals surface area contributed by atoms with E-state index in [9.17, 15) is 4.57 Å². The molecule has 0 amide bonds. The van der Waals surface area contributed by atoms with Crippen molar-refractivity contribution < 1.29 is 14.4 Å². The van der Waals surface area contributed by atoms with Crippen LogP contribution in [0.4, 0.5) is 0 Å². The van der Waals surface area contributed by atoms with E-state index in [2.05, 4.69) is 13.2 Å². The van der Waals surface area contributed by atoms with Crippen molar-refractivity contribution in [2.75, 3.05) is 0 Å². The Morgan fingerprint density at radius 2 is 1.90 bits per heavy atom. The smallest absolute Gasteiger partial charge is 0.321 e. The molecule has 0 aromatic carbocycles. The fraction of sp³-hybridized carbons (Fsp3) is 0. The number of allylic oxidation sites excluding steroid dienone is 4. The molecule has 0 bridgehead atoms. The molecule has 0 unspecified atom stereocenters. The average molecular weight is 160 g/mol. The van der Waals surface area contributed by atoms with Crippen molar-refractivity contribution in [3.8, 4) is 0 Å². The lowest BCUT2D eigenvalue weighted by Gasteiger charge is -2.01. The highest BCUT2D eigenvalue weighted by molar-refractivity contribution is 7.56. The van der Waals surface area contributed by atoms with Gasteiger partial charge in [-0.1, -0.05) is 25.3 Å². The first-order valence-corrected chi connectivity index (χ1v) is 4.15. The largest absolute Gasteiger partial charge is 0.356 e. The second-order valence-electron chi connectivity index (χ2n) is 1.58. The molecule has 0 rings (SSSR count). The van der Waals surface area contributed by atoms with Crippen LogP contribution in [0.1, 0.15) is 0 Å². The zero-order valence-corrected chi connectivity index (χ0v) is 6.29. The maximum Gasteiger partial charge on any atom is 0.356 e. The fourth-order valence-electron chi connectivity index (χ4n) is 0.405. The predicted molar refractivity (Wildman–Crippen MR) is 40.5 cm³/mol. The maximum absolute atomic E-state index is 10.5. The quantitative estimate of drug-likeness (QED) is 0.484. The summed E-state index contributed by atoms with van der Waals surface area (Å²) in [5, 5.41) is -0.109. The van der Waals surface area contributed by atoms with Crippen LogP contribution in [-0.4, -0.2) is 9.79 Å². The molecular weight excluding hydrogens is 151 g/mol. The molecule has 56 valence electrons. The normalized spacial score (nSPS) is 12.8. The molecule has 4 heteroatoms. The Morgan fingerprint density at radius 3 is 2.00 bits per heavy atom. The van der Waals surface area contributed by atoms with E-state index in [-0.39, 0.29) is 5.31 Å². The van der Waals surface area contributed by atoms with Gasteiger partial charge in [0.25, 0.3) is 0 Å². The summed E-state index contributed by atoms with van der Waals surface area (Å²) in [4.78, 5) is 17.1. The summed E-state index contributed by atoms with van der Waals surface area (Å²) in [7, 11) is -4.12. The Morgan fingerprint density at radius 1 is 1.40 bits per heavy atom. The van der Waals surface area contributed by atoms with E-state index in [0.717, 1.165) is 6.08 Å². The molecule has 2 N–H and O–H groups in total. The van der Waals surface area contributed by atoms with Crippen LogP contribution in [0, 0.1) is 0 Å². The highest BCUT2D eigenvalue weighted by Gasteiger charge is 2.15. The van der Waals surface area contributed by atoms with Crippen LogP contribution in [0.15, 0.2) is 36.7 Å². The summed E-state index contributed by atoms with van der Waals surface area (Å²) < 4.78 is 10.5. The summed E-state index contributed by atoms with van der Waals surface area (Å²) in [5.74, 6) is 0. The van der Waals surface area contributed by atoms with Crippen molar-refractivity contribution in [2.45, 2.75) is 0 Å². The van der Waals surface area contributed by atoms with Gasteiger partial charge in [-0.05, 0) is 6.08 Å². The van der Waals surface area contributed by atoms with Crippen molar-refractivity contribution in [1.82, 2.24) is 0 Å². The lowest BCUT2D eigenvalue weighted by molar-refractivity contribution is 0.383. The van der Waals surface area contributed by atoms with Gasteiger partial charge in [-0.2, -0.15) is 0 Å². The fourth-order valence-corrected chi connectivity index (χ4v) is 0.942. The molecule has 0 aliphatic heterocycles. The van der Waals surface area contributed by atoms with Crippen molar-refractivity contribution in [3.63, 3.8) is 0 Å². The van der Waals surface area contributed by atoms with Gasteiger partial charge in [0.1, 0.15) is 0 Å². The monoisotopic (exact) mass is 160 g/mol. The molecule has 0 heterocycles. The van der Waals surface area contributed by atoms with Crippen molar-refractivity contribution in [3.05, 3.63) is 36.7 Å². The van der Waals surface area contributed by atoms with Gasteiger partial charge in [0.2, 0.25) is 0 Å². The van der Waals surface area contributed by atoms with Gasteiger partial charge in [-0.3, -0.25) is 4.57 Å². The summed E-state index contributed by atoms with van der Waals surface area (Å²) in [6.45, 7) is 6.53. The first kappa shape index (κ1) is 9.37. The Balaban J connectivity index is 4.69. The van der Waals surface area contributed by atoms with E-state index < -0.39 is 7.60 Å². The van der Waals surface area contributed by atoms with Crippen LogP contribution in [-0.2, 0) is 4.57 Å². The molecule has 3 nitrogen and oxygen atoms in total. The first-order chi connectivity index (χ1) is 4.52. The predicted octanol–water partition coefficient (Wildman–Crippen LogP) is 1.42. The molecule has 0 saturated heterocycles. The van der Waals surface area contributed by atoms with Crippen LogP contribution in [0.3, 0.4) is 0 Å². The molecule has 0 aromatic rings. The van der Waals surface area contributed by atoms with E-state index in [1.807, 2.05) is 0 Å². The summed E-state index contributed by atoms with van der Waals surface area (Å²) >= 11 is 0. The summed E-state index contributed by atoms with van der Waals surface area (Å²) in [5.41, 5.74) is 0. The topological polar surface area (TPSA) is 57.5 Å². The lowest BCUT2D eigenvalue weighted by Crippen LogP contribution is -1.79. The summed E-state index contributed by atoms with van der Waals surface area (Å²) in [6.07, 6.45) is 3.65. The zero-order chi connectivity index (χ0) is 8.20.